The number of carbonyl (C=O) groups excluding carboxylic acids is 2. The molecular weight excluding hydrogens is 404 g/mol. The van der Waals surface area contributed by atoms with E-state index in [4.69, 9.17) is 4.74 Å². The molecule has 2 aromatic carbocycles. The summed E-state index contributed by atoms with van der Waals surface area (Å²) >= 11 is 0. The van der Waals surface area contributed by atoms with E-state index < -0.39 is 35.1 Å². The molecular formula is C22H26N2O5S. The SMILES string of the molecule is Cc1ccc(/C=C/S(=O)(=O)NCC(=O)OCC(=O)N(c2ccccc2)C(C)C)cc1. The van der Waals surface area contributed by atoms with Crippen molar-refractivity contribution >= 4 is 33.7 Å². The summed E-state index contributed by atoms with van der Waals surface area (Å²) < 4.78 is 31.1. The molecule has 160 valence electrons. The van der Waals surface area contributed by atoms with E-state index in [0.717, 1.165) is 11.0 Å². The zero-order valence-corrected chi connectivity index (χ0v) is 18.1. The molecule has 1 N–H and O–H groups in total. The van der Waals surface area contributed by atoms with Gasteiger partial charge in [-0.3, -0.25) is 9.59 Å². The van der Waals surface area contributed by atoms with Gasteiger partial charge in [-0.15, -0.1) is 0 Å². The largest absolute Gasteiger partial charge is 0.455 e. The van der Waals surface area contributed by atoms with Crippen LogP contribution in [0.4, 0.5) is 5.69 Å². The lowest BCUT2D eigenvalue weighted by molar-refractivity contribution is -0.146. The first-order valence-electron chi connectivity index (χ1n) is 9.45. The summed E-state index contributed by atoms with van der Waals surface area (Å²) in [6.07, 6.45) is 1.43. The maximum absolute atomic E-state index is 12.5. The minimum atomic E-state index is -3.82. The number of nitrogens with one attached hydrogen (secondary N) is 1. The molecule has 0 unspecified atom stereocenters. The van der Waals surface area contributed by atoms with E-state index in [-0.39, 0.29) is 6.04 Å². The second-order valence-corrected chi connectivity index (χ2v) is 8.58. The molecule has 0 aliphatic rings. The van der Waals surface area contributed by atoms with Crippen molar-refractivity contribution in [3.8, 4) is 0 Å². The Bertz CT molecular complexity index is 984. The van der Waals surface area contributed by atoms with Crippen LogP contribution in [0.25, 0.3) is 6.08 Å². The average molecular weight is 431 g/mol. The Labute approximate surface area is 177 Å². The minimum Gasteiger partial charge on any atom is -0.455 e. The summed E-state index contributed by atoms with van der Waals surface area (Å²) in [5.74, 6) is -1.24. The average Bonchev–Trinajstić information content (AvgIpc) is 2.71. The minimum absolute atomic E-state index is 0.135. The van der Waals surface area contributed by atoms with Gasteiger partial charge in [0, 0.05) is 17.1 Å². The monoisotopic (exact) mass is 430 g/mol. The second kappa shape index (κ2) is 10.7. The molecule has 0 saturated heterocycles. The molecule has 0 spiro atoms. The highest BCUT2D eigenvalue weighted by molar-refractivity contribution is 7.92. The Kier molecular flexibility index (Phi) is 8.32. The van der Waals surface area contributed by atoms with Crippen molar-refractivity contribution in [1.82, 2.24) is 4.72 Å². The first-order valence-corrected chi connectivity index (χ1v) is 11.0. The van der Waals surface area contributed by atoms with Gasteiger partial charge >= 0.3 is 5.97 Å². The molecule has 1 amide bonds. The first-order chi connectivity index (χ1) is 14.2. The van der Waals surface area contributed by atoms with E-state index in [0.29, 0.717) is 11.3 Å². The van der Waals surface area contributed by atoms with Crippen LogP contribution in [-0.4, -0.2) is 39.5 Å². The number of benzene rings is 2. The standard InChI is InChI=1S/C22H26N2O5S/c1-17(2)24(20-7-5-4-6-8-20)21(25)16-29-22(26)15-23-30(27,28)14-13-19-11-9-18(3)10-12-19/h4-14,17,23H,15-16H2,1-3H3/b14-13+. The van der Waals surface area contributed by atoms with Crippen LogP contribution >= 0.6 is 0 Å². The summed E-state index contributed by atoms with van der Waals surface area (Å²) in [6.45, 7) is 4.58. The number of aryl methyl sites for hydroxylation is 1. The Morgan fingerprint density at radius 3 is 2.30 bits per heavy atom. The van der Waals surface area contributed by atoms with Crippen LogP contribution in [0.15, 0.2) is 60.0 Å². The molecule has 30 heavy (non-hydrogen) atoms. The van der Waals surface area contributed by atoms with Crippen LogP contribution in [0.3, 0.4) is 0 Å². The van der Waals surface area contributed by atoms with Gasteiger partial charge in [0.1, 0.15) is 6.54 Å². The van der Waals surface area contributed by atoms with Crippen molar-refractivity contribution in [3.05, 3.63) is 71.1 Å². The lowest BCUT2D eigenvalue weighted by Crippen LogP contribution is -2.40. The second-order valence-electron chi connectivity index (χ2n) is 6.93. The lowest BCUT2D eigenvalue weighted by Gasteiger charge is -2.26. The van der Waals surface area contributed by atoms with Crippen LogP contribution in [0.1, 0.15) is 25.0 Å². The number of rotatable bonds is 9. The van der Waals surface area contributed by atoms with Crippen LogP contribution < -0.4 is 9.62 Å². The molecule has 0 fully saturated rings. The molecule has 0 saturated carbocycles. The number of anilines is 1. The van der Waals surface area contributed by atoms with E-state index in [2.05, 4.69) is 4.72 Å². The molecule has 7 nitrogen and oxygen atoms in total. The summed E-state index contributed by atoms with van der Waals surface area (Å²) in [6, 6.07) is 16.2. The van der Waals surface area contributed by atoms with Crippen molar-refractivity contribution < 1.29 is 22.7 Å². The number of hydrogen-bond acceptors (Lipinski definition) is 5. The maximum Gasteiger partial charge on any atom is 0.321 e. The van der Waals surface area contributed by atoms with Gasteiger partial charge in [-0.05, 0) is 44.5 Å². The number of sulfonamides is 1. The van der Waals surface area contributed by atoms with Crippen LogP contribution in [0.2, 0.25) is 0 Å². The molecule has 0 atom stereocenters. The van der Waals surface area contributed by atoms with Gasteiger partial charge < -0.3 is 9.64 Å². The molecule has 0 aliphatic carbocycles. The number of hydrogen-bond donors (Lipinski definition) is 1. The predicted octanol–water partition coefficient (Wildman–Crippen LogP) is 2.87. The Balaban J connectivity index is 1.86. The molecule has 0 bridgehead atoms. The third kappa shape index (κ3) is 7.46. The molecule has 0 aliphatic heterocycles. The normalized spacial score (nSPS) is 11.6. The Morgan fingerprint density at radius 1 is 1.07 bits per heavy atom. The highest BCUT2D eigenvalue weighted by Gasteiger charge is 2.20. The van der Waals surface area contributed by atoms with E-state index in [1.165, 1.54) is 11.0 Å². The third-order valence-electron chi connectivity index (χ3n) is 4.11. The fourth-order valence-electron chi connectivity index (χ4n) is 2.63. The number of amides is 1. The first kappa shape index (κ1) is 23.3. The molecule has 2 aromatic rings. The van der Waals surface area contributed by atoms with E-state index in [1.807, 2.05) is 51.1 Å². The van der Waals surface area contributed by atoms with Gasteiger partial charge in [-0.1, -0.05) is 48.0 Å². The lowest BCUT2D eigenvalue weighted by atomic mass is 10.2. The summed E-state index contributed by atoms with van der Waals surface area (Å²) in [7, 11) is -3.82. The molecule has 0 radical (unpaired) electrons. The van der Waals surface area contributed by atoms with Crippen LogP contribution in [-0.2, 0) is 24.3 Å². The zero-order chi connectivity index (χ0) is 22.1. The highest BCUT2D eigenvalue weighted by Crippen LogP contribution is 2.16. The van der Waals surface area contributed by atoms with Gasteiger partial charge in [0.2, 0.25) is 10.0 Å². The number of esters is 1. The van der Waals surface area contributed by atoms with Crippen molar-refractivity contribution in [2.24, 2.45) is 0 Å². The van der Waals surface area contributed by atoms with Crippen molar-refractivity contribution in [2.45, 2.75) is 26.8 Å². The predicted molar refractivity (Wildman–Crippen MR) is 117 cm³/mol. The summed E-state index contributed by atoms with van der Waals surface area (Å²) in [4.78, 5) is 25.9. The molecule has 0 heterocycles. The van der Waals surface area contributed by atoms with Crippen LogP contribution in [0, 0.1) is 6.92 Å². The number of carbonyl (C=O) groups is 2. The van der Waals surface area contributed by atoms with Gasteiger partial charge in [0.05, 0.1) is 0 Å². The van der Waals surface area contributed by atoms with Gasteiger partial charge in [-0.2, -0.15) is 0 Å². The van der Waals surface area contributed by atoms with Crippen molar-refractivity contribution in [1.29, 1.82) is 0 Å². The molecule has 0 aromatic heterocycles. The Hall–Kier alpha value is -2.97. The van der Waals surface area contributed by atoms with Crippen molar-refractivity contribution in [2.75, 3.05) is 18.1 Å². The molecule has 8 heteroatoms. The van der Waals surface area contributed by atoms with E-state index >= 15 is 0 Å². The summed E-state index contributed by atoms with van der Waals surface area (Å²) in [5.41, 5.74) is 2.47. The summed E-state index contributed by atoms with van der Waals surface area (Å²) in [5, 5.41) is 0.978. The Morgan fingerprint density at radius 2 is 1.70 bits per heavy atom. The number of para-hydroxylation sites is 1. The fourth-order valence-corrected chi connectivity index (χ4v) is 3.39. The third-order valence-corrected chi connectivity index (χ3v) is 5.15. The zero-order valence-electron chi connectivity index (χ0n) is 17.2. The maximum atomic E-state index is 12.5. The van der Waals surface area contributed by atoms with E-state index in [1.54, 1.807) is 24.3 Å². The fraction of sp³-hybridized carbons (Fsp3) is 0.273. The van der Waals surface area contributed by atoms with Crippen molar-refractivity contribution in [3.63, 3.8) is 0 Å². The topological polar surface area (TPSA) is 92.8 Å². The smallest absolute Gasteiger partial charge is 0.321 e. The van der Waals surface area contributed by atoms with Gasteiger partial charge in [-0.25, -0.2) is 13.1 Å². The van der Waals surface area contributed by atoms with E-state index in [9.17, 15) is 18.0 Å². The van der Waals surface area contributed by atoms with Crippen LogP contribution in [0.5, 0.6) is 0 Å². The number of nitrogens with zero attached hydrogens (tertiary/aromatic N) is 1. The highest BCUT2D eigenvalue weighted by atomic mass is 32.2. The number of ether oxygens (including phenoxy) is 1. The van der Waals surface area contributed by atoms with Gasteiger partial charge in [0.15, 0.2) is 6.61 Å². The quantitative estimate of drug-likeness (QED) is 0.618. The molecule has 2 rings (SSSR count). The van der Waals surface area contributed by atoms with Gasteiger partial charge in [0.25, 0.3) is 5.91 Å².